The third kappa shape index (κ3) is 2.80. The number of aliphatic carboxylic acids is 1. The topological polar surface area (TPSA) is 63.1 Å². The van der Waals surface area contributed by atoms with Crippen LogP contribution in [0.2, 0.25) is 0 Å². The third-order valence-corrected chi connectivity index (χ3v) is 1.79. The minimum atomic E-state index is -0.884. The largest absolute Gasteiger partial charge is 0.481 e. The van der Waals surface area contributed by atoms with E-state index in [1.807, 2.05) is 20.8 Å². The molecule has 0 saturated carbocycles. The van der Waals surface area contributed by atoms with Crippen molar-refractivity contribution in [2.45, 2.75) is 32.6 Å². The van der Waals surface area contributed by atoms with Gasteiger partial charge in [0.2, 0.25) is 0 Å². The predicted molar refractivity (Wildman–Crippen MR) is 52.1 cm³/mol. The summed E-state index contributed by atoms with van der Waals surface area (Å²) in [4.78, 5) is 18.7. The van der Waals surface area contributed by atoms with Gasteiger partial charge in [0.15, 0.2) is 0 Å². The number of rotatable bonds is 2. The van der Waals surface area contributed by atoms with E-state index in [0.717, 1.165) is 5.69 Å². The van der Waals surface area contributed by atoms with Crippen LogP contribution >= 0.6 is 0 Å². The molecule has 0 bridgehead atoms. The first kappa shape index (κ1) is 10.6. The Morgan fingerprint density at radius 3 is 2.57 bits per heavy atom. The number of carboxylic acids is 1. The molecular weight excluding hydrogens is 180 g/mol. The van der Waals surface area contributed by atoms with Crippen molar-refractivity contribution in [1.82, 2.24) is 9.97 Å². The van der Waals surface area contributed by atoms with Gasteiger partial charge in [-0.15, -0.1) is 0 Å². The number of carboxylic acid groups (broad SMARTS) is 1. The summed E-state index contributed by atoms with van der Waals surface area (Å²) in [5, 5.41) is 8.59. The van der Waals surface area contributed by atoms with Crippen molar-refractivity contribution in [1.29, 1.82) is 0 Å². The van der Waals surface area contributed by atoms with E-state index in [0.29, 0.717) is 5.69 Å². The normalized spacial score (nSPS) is 11.4. The molecule has 0 unspecified atom stereocenters. The lowest BCUT2D eigenvalue weighted by Gasteiger charge is -2.17. The molecule has 0 fully saturated rings. The van der Waals surface area contributed by atoms with Gasteiger partial charge in [-0.1, -0.05) is 20.8 Å². The quantitative estimate of drug-likeness (QED) is 0.773. The molecular formula is C10H14N2O2. The van der Waals surface area contributed by atoms with E-state index < -0.39 is 5.97 Å². The number of carbonyl (C=O) groups is 1. The van der Waals surface area contributed by atoms with E-state index in [1.165, 1.54) is 6.20 Å². The zero-order valence-electron chi connectivity index (χ0n) is 8.61. The van der Waals surface area contributed by atoms with E-state index in [1.54, 1.807) is 6.20 Å². The second kappa shape index (κ2) is 3.74. The second-order valence-electron chi connectivity index (χ2n) is 4.22. The van der Waals surface area contributed by atoms with Crippen molar-refractivity contribution < 1.29 is 9.90 Å². The highest BCUT2D eigenvalue weighted by atomic mass is 16.4. The van der Waals surface area contributed by atoms with E-state index in [9.17, 15) is 4.79 Å². The predicted octanol–water partition coefficient (Wildman–Crippen LogP) is 1.40. The average molecular weight is 194 g/mol. The maximum Gasteiger partial charge on any atom is 0.309 e. The van der Waals surface area contributed by atoms with Gasteiger partial charge >= 0.3 is 5.97 Å². The van der Waals surface area contributed by atoms with Gasteiger partial charge in [-0.3, -0.25) is 14.8 Å². The van der Waals surface area contributed by atoms with Crippen molar-refractivity contribution in [3.8, 4) is 0 Å². The highest BCUT2D eigenvalue weighted by Crippen LogP contribution is 2.18. The van der Waals surface area contributed by atoms with E-state index >= 15 is 0 Å². The van der Waals surface area contributed by atoms with Gasteiger partial charge in [0.05, 0.1) is 17.8 Å². The fraction of sp³-hybridized carbons (Fsp3) is 0.500. The number of nitrogens with zero attached hydrogens (tertiary/aromatic N) is 2. The van der Waals surface area contributed by atoms with Crippen LogP contribution in [0.1, 0.15) is 32.2 Å². The molecule has 14 heavy (non-hydrogen) atoms. The lowest BCUT2D eigenvalue weighted by Crippen LogP contribution is -2.16. The summed E-state index contributed by atoms with van der Waals surface area (Å²) >= 11 is 0. The van der Waals surface area contributed by atoms with Crippen molar-refractivity contribution >= 4 is 5.97 Å². The summed E-state index contributed by atoms with van der Waals surface area (Å²) in [5.74, 6) is -0.884. The molecule has 4 heteroatoms. The third-order valence-electron chi connectivity index (χ3n) is 1.79. The molecule has 0 amide bonds. The van der Waals surface area contributed by atoms with Crippen molar-refractivity contribution in [2.24, 2.45) is 0 Å². The fourth-order valence-corrected chi connectivity index (χ4v) is 1.01. The molecule has 0 aliphatic heterocycles. The van der Waals surface area contributed by atoms with Crippen LogP contribution in [0, 0.1) is 0 Å². The molecule has 0 aliphatic rings. The summed E-state index contributed by atoms with van der Waals surface area (Å²) in [6, 6.07) is 0. The lowest BCUT2D eigenvalue weighted by atomic mass is 9.92. The molecule has 0 aliphatic carbocycles. The Hall–Kier alpha value is -1.45. The van der Waals surface area contributed by atoms with Crippen LogP contribution in [0.5, 0.6) is 0 Å². The molecule has 1 rings (SSSR count). The molecule has 4 nitrogen and oxygen atoms in total. The van der Waals surface area contributed by atoms with Crippen LogP contribution in [0.4, 0.5) is 0 Å². The minimum Gasteiger partial charge on any atom is -0.481 e. The molecule has 0 radical (unpaired) electrons. The van der Waals surface area contributed by atoms with Crippen LogP contribution in [-0.2, 0) is 16.6 Å². The standard InChI is InChI=1S/C10H14N2O2/c1-10(2,3)8-6-11-5-7(12-8)4-9(13)14/h5-6H,4H2,1-3H3,(H,13,14). The van der Waals surface area contributed by atoms with Gasteiger partial charge in [-0.05, 0) is 0 Å². The lowest BCUT2D eigenvalue weighted by molar-refractivity contribution is -0.136. The first-order valence-electron chi connectivity index (χ1n) is 4.43. The Kier molecular flexibility index (Phi) is 2.84. The molecule has 0 atom stereocenters. The van der Waals surface area contributed by atoms with Crippen molar-refractivity contribution in [2.75, 3.05) is 0 Å². The Morgan fingerprint density at radius 2 is 2.07 bits per heavy atom. The summed E-state index contributed by atoms with van der Waals surface area (Å²) in [7, 11) is 0. The van der Waals surface area contributed by atoms with Gasteiger partial charge in [0.25, 0.3) is 0 Å². The highest BCUT2D eigenvalue weighted by Gasteiger charge is 2.16. The monoisotopic (exact) mass is 194 g/mol. The van der Waals surface area contributed by atoms with Crippen LogP contribution < -0.4 is 0 Å². The summed E-state index contributed by atoms with van der Waals surface area (Å²) in [6.45, 7) is 6.05. The summed E-state index contributed by atoms with van der Waals surface area (Å²) in [6.07, 6.45) is 3.09. The molecule has 0 aromatic carbocycles. The Labute approximate surface area is 83.0 Å². The fourth-order valence-electron chi connectivity index (χ4n) is 1.01. The minimum absolute atomic E-state index is 0.0725. The Balaban J connectivity index is 2.95. The molecule has 1 aromatic heterocycles. The molecule has 0 saturated heterocycles. The van der Waals surface area contributed by atoms with E-state index in [2.05, 4.69) is 9.97 Å². The van der Waals surface area contributed by atoms with Crippen LogP contribution in [0.3, 0.4) is 0 Å². The number of aromatic nitrogens is 2. The average Bonchev–Trinajstić information content (AvgIpc) is 2.01. The van der Waals surface area contributed by atoms with Gasteiger partial charge in [-0.2, -0.15) is 0 Å². The van der Waals surface area contributed by atoms with E-state index in [-0.39, 0.29) is 11.8 Å². The van der Waals surface area contributed by atoms with Gasteiger partial charge < -0.3 is 5.11 Å². The zero-order chi connectivity index (χ0) is 10.8. The first-order valence-corrected chi connectivity index (χ1v) is 4.43. The summed E-state index contributed by atoms with van der Waals surface area (Å²) in [5.41, 5.74) is 1.22. The van der Waals surface area contributed by atoms with Gasteiger partial charge in [-0.25, -0.2) is 0 Å². The van der Waals surface area contributed by atoms with Crippen LogP contribution in [-0.4, -0.2) is 21.0 Å². The first-order chi connectivity index (χ1) is 6.39. The van der Waals surface area contributed by atoms with Crippen LogP contribution in [0.25, 0.3) is 0 Å². The highest BCUT2D eigenvalue weighted by molar-refractivity contribution is 5.69. The van der Waals surface area contributed by atoms with Crippen molar-refractivity contribution in [3.63, 3.8) is 0 Å². The van der Waals surface area contributed by atoms with Crippen molar-refractivity contribution in [3.05, 3.63) is 23.8 Å². The van der Waals surface area contributed by atoms with E-state index in [4.69, 9.17) is 5.11 Å². The summed E-state index contributed by atoms with van der Waals surface area (Å²) < 4.78 is 0. The Morgan fingerprint density at radius 1 is 1.43 bits per heavy atom. The molecule has 1 N–H and O–H groups in total. The number of hydrogen-bond acceptors (Lipinski definition) is 3. The Bertz CT molecular complexity index is 342. The number of hydrogen-bond donors (Lipinski definition) is 1. The van der Waals surface area contributed by atoms with Gasteiger partial charge in [0, 0.05) is 17.8 Å². The maximum atomic E-state index is 10.5. The second-order valence-corrected chi connectivity index (χ2v) is 4.22. The zero-order valence-corrected chi connectivity index (χ0v) is 8.61. The molecule has 1 aromatic rings. The van der Waals surface area contributed by atoms with Gasteiger partial charge in [0.1, 0.15) is 0 Å². The maximum absolute atomic E-state index is 10.5. The smallest absolute Gasteiger partial charge is 0.309 e. The molecule has 1 heterocycles. The molecule has 0 spiro atoms. The molecule has 76 valence electrons. The van der Waals surface area contributed by atoms with Crippen LogP contribution in [0.15, 0.2) is 12.4 Å². The SMILES string of the molecule is CC(C)(C)c1cncc(CC(=O)O)n1.